The van der Waals surface area contributed by atoms with Gasteiger partial charge in [-0.15, -0.1) is 0 Å². The number of aliphatic carboxylic acids is 1. The van der Waals surface area contributed by atoms with Crippen LogP contribution in [0.25, 0.3) is 10.8 Å². The van der Waals surface area contributed by atoms with Gasteiger partial charge in [-0.3, -0.25) is 14.5 Å². The first-order valence-electron chi connectivity index (χ1n) is 10.5. The van der Waals surface area contributed by atoms with Crippen molar-refractivity contribution < 1.29 is 46.8 Å². The second kappa shape index (κ2) is 9.06. The molecule has 1 amide bonds. The highest BCUT2D eigenvalue weighted by molar-refractivity contribution is 6.17. The van der Waals surface area contributed by atoms with E-state index in [1.54, 1.807) is 19.1 Å². The number of fused-ring (bicyclic) bond motifs is 2. The molecule has 3 aromatic carbocycles. The lowest BCUT2D eigenvalue weighted by Gasteiger charge is -2.23. The van der Waals surface area contributed by atoms with Crippen molar-refractivity contribution in [3.8, 4) is 11.5 Å². The fourth-order valence-corrected chi connectivity index (χ4v) is 4.09. The molecule has 184 valence electrons. The van der Waals surface area contributed by atoms with Crippen molar-refractivity contribution in [2.24, 2.45) is 0 Å². The number of hydrogen-bond acceptors (Lipinski definition) is 5. The molecule has 1 atom stereocenters. The summed E-state index contributed by atoms with van der Waals surface area (Å²) in [5.41, 5.74) is -0.798. The lowest BCUT2D eigenvalue weighted by molar-refractivity contribution is -0.153. The summed E-state index contributed by atoms with van der Waals surface area (Å²) in [7, 11) is 0. The van der Waals surface area contributed by atoms with E-state index in [1.165, 1.54) is 18.2 Å². The maximum absolute atomic E-state index is 14.9. The van der Waals surface area contributed by atoms with Crippen LogP contribution >= 0.6 is 0 Å². The largest absolute Gasteiger partial charge is 0.492 e. The number of nitrogens with zero attached hydrogens (tertiary/aromatic N) is 1. The minimum absolute atomic E-state index is 0.0203. The fourth-order valence-electron chi connectivity index (χ4n) is 4.09. The highest BCUT2D eigenvalue weighted by Crippen LogP contribution is 2.50. The Kier molecular flexibility index (Phi) is 6.28. The number of rotatable bonds is 7. The summed E-state index contributed by atoms with van der Waals surface area (Å²) in [5, 5.41) is 20.5. The van der Waals surface area contributed by atoms with Gasteiger partial charge in [-0.25, -0.2) is 4.39 Å². The van der Waals surface area contributed by atoms with Crippen molar-refractivity contribution in [2.75, 3.05) is 18.1 Å². The Morgan fingerprint density at radius 2 is 1.74 bits per heavy atom. The van der Waals surface area contributed by atoms with E-state index in [1.807, 2.05) is 0 Å². The minimum atomic E-state index is -4.70. The van der Waals surface area contributed by atoms with Crippen molar-refractivity contribution >= 4 is 28.3 Å². The number of carboxylic acids is 1. The molecule has 0 radical (unpaired) electrons. The second-order valence-corrected chi connectivity index (χ2v) is 7.73. The van der Waals surface area contributed by atoms with Gasteiger partial charge in [-0.1, -0.05) is 30.3 Å². The Balaban J connectivity index is 1.92. The van der Waals surface area contributed by atoms with Crippen LogP contribution in [0.15, 0.2) is 42.5 Å². The Hall–Kier alpha value is -3.86. The van der Waals surface area contributed by atoms with E-state index in [4.69, 9.17) is 14.6 Å². The van der Waals surface area contributed by atoms with E-state index in [0.29, 0.717) is 4.90 Å². The predicted molar refractivity (Wildman–Crippen MR) is 116 cm³/mol. The number of carbonyl (C=O) groups is 2. The zero-order chi connectivity index (χ0) is 25.5. The maximum Gasteiger partial charge on any atom is 0.422 e. The summed E-state index contributed by atoms with van der Waals surface area (Å²) in [6.07, 6.45) is -7.07. The molecule has 7 nitrogen and oxygen atoms in total. The number of aliphatic hydroxyl groups excluding tert-OH is 1. The van der Waals surface area contributed by atoms with Gasteiger partial charge < -0.3 is 19.7 Å². The van der Waals surface area contributed by atoms with Crippen molar-refractivity contribution in [2.45, 2.75) is 25.7 Å². The number of anilines is 1. The molecule has 4 rings (SSSR count). The third-order valence-corrected chi connectivity index (χ3v) is 5.39. The van der Waals surface area contributed by atoms with Crippen molar-refractivity contribution in [1.29, 1.82) is 0 Å². The van der Waals surface area contributed by atoms with Gasteiger partial charge in [0.25, 0.3) is 5.91 Å². The Bertz CT molecular complexity index is 1320. The monoisotopic (exact) mass is 493 g/mol. The first kappa shape index (κ1) is 24.3. The Labute approximate surface area is 196 Å². The summed E-state index contributed by atoms with van der Waals surface area (Å²) in [5.74, 6) is -3.46. The molecule has 0 bridgehead atoms. The number of halogens is 4. The van der Waals surface area contributed by atoms with Gasteiger partial charge in [-0.2, -0.15) is 13.2 Å². The van der Waals surface area contributed by atoms with E-state index in [9.17, 15) is 32.3 Å². The van der Waals surface area contributed by atoms with E-state index in [0.717, 1.165) is 12.1 Å². The molecule has 3 aromatic rings. The van der Waals surface area contributed by atoms with Gasteiger partial charge >= 0.3 is 12.1 Å². The molecule has 1 unspecified atom stereocenters. The lowest BCUT2D eigenvalue weighted by atomic mass is 9.98. The van der Waals surface area contributed by atoms with E-state index < -0.39 is 43.1 Å². The van der Waals surface area contributed by atoms with Crippen LogP contribution < -0.4 is 14.4 Å². The van der Waals surface area contributed by atoms with Crippen LogP contribution in [-0.4, -0.2) is 41.5 Å². The number of alkyl halides is 3. The fraction of sp³-hybridized carbons (Fsp3) is 0.250. The highest BCUT2D eigenvalue weighted by atomic mass is 19.4. The summed E-state index contributed by atoms with van der Waals surface area (Å²) in [6.45, 7) is 0.0566. The Morgan fingerprint density at radius 3 is 2.31 bits per heavy atom. The highest BCUT2D eigenvalue weighted by Gasteiger charge is 2.44. The van der Waals surface area contributed by atoms with Crippen LogP contribution in [0.2, 0.25) is 0 Å². The van der Waals surface area contributed by atoms with Gasteiger partial charge in [0.1, 0.15) is 17.3 Å². The molecule has 0 fully saturated rings. The van der Waals surface area contributed by atoms with Gasteiger partial charge in [0.15, 0.2) is 12.8 Å². The van der Waals surface area contributed by atoms with E-state index in [2.05, 4.69) is 0 Å². The quantitative estimate of drug-likeness (QED) is 0.468. The molecule has 11 heteroatoms. The van der Waals surface area contributed by atoms with Crippen LogP contribution in [0.3, 0.4) is 0 Å². The number of benzene rings is 3. The summed E-state index contributed by atoms with van der Waals surface area (Å²) >= 11 is 0. The first-order valence-corrected chi connectivity index (χ1v) is 10.5. The summed E-state index contributed by atoms with van der Waals surface area (Å²) < 4.78 is 64.7. The zero-order valence-corrected chi connectivity index (χ0v) is 18.2. The number of carboxylic acid groups (broad SMARTS) is 1. The van der Waals surface area contributed by atoms with Crippen molar-refractivity contribution in [3.63, 3.8) is 0 Å². The number of amides is 1. The van der Waals surface area contributed by atoms with Gasteiger partial charge in [0.05, 0.1) is 29.8 Å². The topological polar surface area (TPSA) is 96.3 Å². The second-order valence-electron chi connectivity index (χ2n) is 7.73. The smallest absolute Gasteiger partial charge is 0.422 e. The van der Waals surface area contributed by atoms with Crippen LogP contribution in [0.1, 0.15) is 34.6 Å². The average molecular weight is 493 g/mol. The minimum Gasteiger partial charge on any atom is -0.492 e. The Morgan fingerprint density at radius 1 is 1.09 bits per heavy atom. The predicted octanol–water partition coefficient (Wildman–Crippen LogP) is 4.60. The molecule has 2 N–H and O–H groups in total. The van der Waals surface area contributed by atoms with E-state index >= 15 is 0 Å². The molecule has 1 aliphatic heterocycles. The summed E-state index contributed by atoms with van der Waals surface area (Å²) in [4.78, 5) is 25.1. The third-order valence-electron chi connectivity index (χ3n) is 5.39. The zero-order valence-electron chi connectivity index (χ0n) is 18.2. The molecule has 0 saturated carbocycles. The van der Waals surface area contributed by atoms with Crippen LogP contribution in [0.5, 0.6) is 11.5 Å². The molecule has 0 spiro atoms. The maximum atomic E-state index is 14.9. The molecular weight excluding hydrogens is 474 g/mol. The number of aliphatic hydroxyl groups is 1. The SMILES string of the molecule is CCOc1c2c(c(OCC(F)(F)F)c3ccccc13)C(O)N(c1ccc(CC(=O)O)cc1F)C2=O. The molecule has 1 aliphatic rings. The standard InChI is InChI=1S/C24H19F4NO6/c1-2-34-20-13-5-3-4-6-14(13)21(35-11-24(26,27)28)19-18(20)22(32)29(23(19)33)16-8-7-12(9-15(16)25)10-17(30)31/h3-9,23,33H,2,10-11H2,1H3,(H,30,31). The number of ether oxygens (including phenoxy) is 2. The first-order chi connectivity index (χ1) is 16.5. The molecule has 0 aromatic heterocycles. The molecule has 35 heavy (non-hydrogen) atoms. The number of hydrogen-bond donors (Lipinski definition) is 2. The molecule has 1 heterocycles. The third kappa shape index (κ3) is 4.46. The van der Waals surface area contributed by atoms with Crippen molar-refractivity contribution in [3.05, 3.63) is 65.0 Å². The van der Waals surface area contributed by atoms with Crippen molar-refractivity contribution in [1.82, 2.24) is 0 Å². The van der Waals surface area contributed by atoms with Crippen LogP contribution in [-0.2, 0) is 11.2 Å². The molecule has 0 saturated heterocycles. The molecule has 0 aliphatic carbocycles. The number of carbonyl (C=O) groups excluding carboxylic acids is 1. The average Bonchev–Trinajstić information content (AvgIpc) is 3.03. The van der Waals surface area contributed by atoms with Gasteiger partial charge in [0, 0.05) is 10.8 Å². The van der Waals surface area contributed by atoms with Gasteiger partial charge in [-0.05, 0) is 24.6 Å². The summed E-state index contributed by atoms with van der Waals surface area (Å²) in [6, 6.07) is 9.45. The van der Waals surface area contributed by atoms with Crippen LogP contribution in [0.4, 0.5) is 23.2 Å². The lowest BCUT2D eigenvalue weighted by Crippen LogP contribution is -2.28. The van der Waals surface area contributed by atoms with Crippen LogP contribution in [0, 0.1) is 5.82 Å². The molecular formula is C24H19F4NO6. The van der Waals surface area contributed by atoms with E-state index in [-0.39, 0.29) is 51.3 Å². The van der Waals surface area contributed by atoms with Gasteiger partial charge in [0.2, 0.25) is 0 Å². The normalized spacial score (nSPS) is 15.4.